The molecule has 3 heteroatoms. The minimum absolute atomic E-state index is 0.257. The Morgan fingerprint density at radius 1 is 1.16 bits per heavy atom. The van der Waals surface area contributed by atoms with Crippen LogP contribution in [0.15, 0.2) is 83.7 Å². The maximum Gasteiger partial charge on any atom is 0.0629 e. The molecule has 0 saturated carbocycles. The van der Waals surface area contributed by atoms with Crippen molar-refractivity contribution in [2.75, 3.05) is 0 Å². The van der Waals surface area contributed by atoms with E-state index in [1.165, 1.54) is 11.1 Å². The van der Waals surface area contributed by atoms with Crippen LogP contribution in [0, 0.1) is 18.3 Å². The van der Waals surface area contributed by atoms with Crippen molar-refractivity contribution in [1.29, 1.82) is 5.41 Å². The summed E-state index contributed by atoms with van der Waals surface area (Å²) in [5, 5.41) is 12.9. The number of rotatable bonds is 7. The van der Waals surface area contributed by atoms with Crippen LogP contribution in [0.3, 0.4) is 0 Å². The van der Waals surface area contributed by atoms with Crippen molar-refractivity contribution >= 4 is 22.9 Å². The number of hydrogen-bond acceptors (Lipinski definition) is 2. The number of benzene rings is 1. The van der Waals surface area contributed by atoms with Crippen LogP contribution in [0.5, 0.6) is 0 Å². The summed E-state index contributed by atoms with van der Waals surface area (Å²) in [5.41, 5.74) is 8.44. The lowest BCUT2D eigenvalue weighted by atomic mass is 9.87. The minimum Gasteiger partial charge on any atom is -0.384 e. The highest BCUT2D eigenvalue weighted by Crippen LogP contribution is 2.34. The summed E-state index contributed by atoms with van der Waals surface area (Å²) in [6, 6.07) is 6.40. The number of halogens is 1. The molecule has 2 aliphatic rings. The van der Waals surface area contributed by atoms with Crippen molar-refractivity contribution in [3.8, 4) is 0 Å². The zero-order valence-corrected chi connectivity index (χ0v) is 19.8. The highest BCUT2D eigenvalue weighted by Gasteiger charge is 2.20. The van der Waals surface area contributed by atoms with Crippen LogP contribution in [0.1, 0.15) is 51.2 Å². The molecular formula is C28H33ClN2. The molecule has 0 fully saturated rings. The van der Waals surface area contributed by atoms with Crippen molar-refractivity contribution in [2.45, 2.75) is 53.0 Å². The van der Waals surface area contributed by atoms with Gasteiger partial charge in [-0.05, 0) is 79.0 Å². The molecule has 0 heterocycles. The molecule has 0 radical (unpaired) electrons. The smallest absolute Gasteiger partial charge is 0.0629 e. The van der Waals surface area contributed by atoms with Crippen molar-refractivity contribution < 1.29 is 0 Å². The van der Waals surface area contributed by atoms with Crippen molar-refractivity contribution in [3.63, 3.8) is 0 Å². The normalized spacial score (nSPS) is 18.9. The Morgan fingerprint density at radius 2 is 1.94 bits per heavy atom. The van der Waals surface area contributed by atoms with E-state index in [0.717, 1.165) is 52.1 Å². The highest BCUT2D eigenvalue weighted by atomic mass is 35.5. The number of hydrogen-bond donors (Lipinski definition) is 2. The zero-order chi connectivity index (χ0) is 22.5. The van der Waals surface area contributed by atoms with E-state index in [4.69, 9.17) is 17.0 Å². The van der Waals surface area contributed by atoms with Gasteiger partial charge in [-0.25, -0.2) is 0 Å². The fourth-order valence-corrected chi connectivity index (χ4v) is 4.49. The van der Waals surface area contributed by atoms with Gasteiger partial charge in [0.25, 0.3) is 0 Å². The van der Waals surface area contributed by atoms with Gasteiger partial charge in [-0.2, -0.15) is 0 Å². The van der Waals surface area contributed by atoms with Gasteiger partial charge in [0.1, 0.15) is 0 Å². The molecule has 2 N–H and O–H groups in total. The lowest BCUT2D eigenvalue weighted by Crippen LogP contribution is -2.30. The van der Waals surface area contributed by atoms with Crippen LogP contribution in [-0.4, -0.2) is 11.8 Å². The van der Waals surface area contributed by atoms with Crippen LogP contribution in [0.2, 0.25) is 5.02 Å². The highest BCUT2D eigenvalue weighted by molar-refractivity contribution is 6.33. The molecular weight excluding hydrogens is 400 g/mol. The second-order valence-electron chi connectivity index (χ2n) is 8.86. The third-order valence-electron chi connectivity index (χ3n) is 5.99. The van der Waals surface area contributed by atoms with E-state index in [1.54, 1.807) is 0 Å². The maximum atomic E-state index is 8.50. The molecule has 1 atom stereocenters. The van der Waals surface area contributed by atoms with Crippen molar-refractivity contribution in [2.24, 2.45) is 5.92 Å². The number of aryl methyl sites for hydroxylation is 1. The second kappa shape index (κ2) is 10.2. The molecule has 162 valence electrons. The standard InChI is InChI=1S/C28H33ClN2/c1-6-21-8-10-22(11-9-21)28(15-18(2)3)31-17-25-20(5)23(13-14-27(25)30)24-12-7-19(4)16-26(24)29/h6-8,10,12-14,16-18,28,30-31H,1,9,11,15H2,2-5H3/b25-17-,30-27?. The monoisotopic (exact) mass is 432 g/mol. The lowest BCUT2D eigenvalue weighted by Gasteiger charge is -2.26. The predicted octanol–water partition coefficient (Wildman–Crippen LogP) is 7.73. The van der Waals surface area contributed by atoms with Gasteiger partial charge in [0.2, 0.25) is 0 Å². The minimum atomic E-state index is 0.257. The Balaban J connectivity index is 1.92. The molecule has 0 saturated heterocycles. The summed E-state index contributed by atoms with van der Waals surface area (Å²) >= 11 is 6.55. The molecule has 1 aromatic rings. The molecule has 3 rings (SSSR count). The fourth-order valence-electron chi connectivity index (χ4n) is 4.16. The molecule has 0 aliphatic heterocycles. The van der Waals surface area contributed by atoms with Gasteiger partial charge < -0.3 is 10.7 Å². The van der Waals surface area contributed by atoms with Gasteiger partial charge >= 0.3 is 0 Å². The third-order valence-corrected chi connectivity index (χ3v) is 6.30. The summed E-state index contributed by atoms with van der Waals surface area (Å²) in [4.78, 5) is 0. The summed E-state index contributed by atoms with van der Waals surface area (Å²) in [6.45, 7) is 12.5. The molecule has 0 spiro atoms. The summed E-state index contributed by atoms with van der Waals surface area (Å²) < 4.78 is 0. The Labute approximate surface area is 192 Å². The van der Waals surface area contributed by atoms with Crippen LogP contribution in [-0.2, 0) is 0 Å². The zero-order valence-electron chi connectivity index (χ0n) is 19.1. The van der Waals surface area contributed by atoms with Gasteiger partial charge in [0.15, 0.2) is 0 Å². The van der Waals surface area contributed by atoms with Crippen LogP contribution in [0.25, 0.3) is 5.57 Å². The first-order valence-corrected chi connectivity index (χ1v) is 11.4. The SMILES string of the molecule is C=CC1=CC=C(C(CC(C)C)N/C=C2\C(=N)C=CC(c3ccc(C)cc3Cl)=C2C)CC1. The Morgan fingerprint density at radius 3 is 2.55 bits per heavy atom. The molecule has 31 heavy (non-hydrogen) atoms. The van der Waals surface area contributed by atoms with Crippen LogP contribution in [0.4, 0.5) is 0 Å². The summed E-state index contributed by atoms with van der Waals surface area (Å²) in [6.07, 6.45) is 15.4. The first-order valence-electron chi connectivity index (χ1n) is 11.0. The van der Waals surface area contributed by atoms with Gasteiger partial charge in [0, 0.05) is 28.4 Å². The molecule has 2 aliphatic carbocycles. The molecule has 0 aromatic heterocycles. The van der Waals surface area contributed by atoms with E-state index in [0.29, 0.717) is 11.6 Å². The van der Waals surface area contributed by atoms with E-state index in [-0.39, 0.29) is 6.04 Å². The first-order chi connectivity index (χ1) is 14.8. The van der Waals surface area contributed by atoms with E-state index in [2.05, 4.69) is 57.0 Å². The van der Waals surface area contributed by atoms with Gasteiger partial charge in [-0.1, -0.05) is 68.5 Å². The van der Waals surface area contributed by atoms with Crippen molar-refractivity contribution in [3.05, 3.63) is 99.8 Å². The third kappa shape index (κ3) is 5.57. The maximum absolute atomic E-state index is 8.50. The fraction of sp³-hybridized carbons (Fsp3) is 0.321. The van der Waals surface area contributed by atoms with Gasteiger partial charge in [0.05, 0.1) is 5.71 Å². The van der Waals surface area contributed by atoms with Gasteiger partial charge in [-0.3, -0.25) is 0 Å². The van der Waals surface area contributed by atoms with E-state index < -0.39 is 0 Å². The predicted molar refractivity (Wildman–Crippen MR) is 136 cm³/mol. The average Bonchev–Trinajstić information content (AvgIpc) is 2.73. The summed E-state index contributed by atoms with van der Waals surface area (Å²) in [7, 11) is 0. The molecule has 2 nitrogen and oxygen atoms in total. The van der Waals surface area contributed by atoms with Crippen LogP contribution >= 0.6 is 11.6 Å². The second-order valence-corrected chi connectivity index (χ2v) is 9.27. The lowest BCUT2D eigenvalue weighted by molar-refractivity contribution is 0.485. The average molecular weight is 433 g/mol. The van der Waals surface area contributed by atoms with Crippen molar-refractivity contribution in [1.82, 2.24) is 5.32 Å². The Bertz CT molecular complexity index is 1030. The first kappa shape index (κ1) is 23.1. The number of allylic oxidation sites excluding steroid dienone is 9. The molecule has 0 amide bonds. The molecule has 1 unspecified atom stereocenters. The molecule has 1 aromatic carbocycles. The Hall–Kier alpha value is -2.58. The number of nitrogens with one attached hydrogen (secondary N) is 2. The Kier molecular flexibility index (Phi) is 7.56. The summed E-state index contributed by atoms with van der Waals surface area (Å²) in [5.74, 6) is 0.575. The molecule has 0 bridgehead atoms. The quantitative estimate of drug-likeness (QED) is 0.454. The topological polar surface area (TPSA) is 35.9 Å². The van der Waals surface area contributed by atoms with E-state index in [9.17, 15) is 0 Å². The van der Waals surface area contributed by atoms with Gasteiger partial charge in [-0.15, -0.1) is 0 Å². The van der Waals surface area contributed by atoms with Crippen LogP contribution < -0.4 is 5.32 Å². The van der Waals surface area contributed by atoms with E-state index >= 15 is 0 Å². The largest absolute Gasteiger partial charge is 0.384 e. The van der Waals surface area contributed by atoms with E-state index in [1.807, 2.05) is 37.4 Å².